The first-order chi connectivity index (χ1) is 14.9. The van der Waals surface area contributed by atoms with Crippen LogP contribution in [0.4, 0.5) is 4.79 Å². The molecule has 0 saturated carbocycles. The van der Waals surface area contributed by atoms with Gasteiger partial charge in [0.15, 0.2) is 0 Å². The van der Waals surface area contributed by atoms with Crippen LogP contribution in [0.25, 0.3) is 0 Å². The van der Waals surface area contributed by atoms with Gasteiger partial charge in [-0.1, -0.05) is 6.92 Å². The quantitative estimate of drug-likeness (QED) is 0.396. The van der Waals surface area contributed by atoms with Crippen molar-refractivity contribution in [2.45, 2.75) is 43.7 Å². The minimum absolute atomic E-state index is 0.0105. The highest BCUT2D eigenvalue weighted by atomic mass is 32.2. The minimum atomic E-state index is -3.58. The first-order valence-electron chi connectivity index (χ1n) is 10.6. The lowest BCUT2D eigenvalue weighted by Gasteiger charge is -2.46. The number of rotatable bonds is 7. The molecule has 0 aromatic rings. The average molecular weight is 489 g/mol. The number of nitrogens with zero attached hydrogens (tertiary/aromatic N) is 3. The van der Waals surface area contributed by atoms with Crippen LogP contribution in [0, 0.1) is 11.8 Å². The number of β-lactam (4-membered cyclic amide) rings is 1. The minimum Gasteiger partial charge on any atom is -0.477 e. The van der Waals surface area contributed by atoms with E-state index in [4.69, 9.17) is 0 Å². The van der Waals surface area contributed by atoms with Crippen LogP contribution < -0.4 is 5.32 Å². The van der Waals surface area contributed by atoms with E-state index < -0.39 is 34.0 Å². The van der Waals surface area contributed by atoms with Gasteiger partial charge in [0, 0.05) is 41.7 Å². The maximum atomic E-state index is 12.5. The Morgan fingerprint density at radius 2 is 2.00 bits per heavy atom. The normalized spacial score (nSPS) is 33.8. The lowest BCUT2D eigenvalue weighted by atomic mass is 9.79. The van der Waals surface area contributed by atoms with Gasteiger partial charge in [0.05, 0.1) is 30.9 Å². The van der Waals surface area contributed by atoms with Crippen LogP contribution in [0.3, 0.4) is 0 Å². The van der Waals surface area contributed by atoms with Crippen LogP contribution in [0.15, 0.2) is 10.6 Å². The van der Waals surface area contributed by atoms with Crippen LogP contribution in [-0.2, 0) is 19.6 Å². The topological polar surface area (TPSA) is 148 Å². The molecule has 4 aliphatic rings. The van der Waals surface area contributed by atoms with E-state index in [-0.39, 0.29) is 41.4 Å². The Morgan fingerprint density at radius 3 is 2.56 bits per heavy atom. The highest BCUT2D eigenvalue weighted by molar-refractivity contribution is 8.03. The first kappa shape index (κ1) is 23.3. The Balaban J connectivity index is 1.41. The number of carbonyl (C=O) groups is 3. The Hall–Kier alpha value is -1.83. The van der Waals surface area contributed by atoms with Crippen LogP contribution in [-0.4, -0.2) is 107 Å². The van der Waals surface area contributed by atoms with E-state index in [1.165, 1.54) is 21.6 Å². The van der Waals surface area contributed by atoms with Gasteiger partial charge in [-0.15, -0.1) is 11.8 Å². The standard InChI is InChI=1S/C19H28N4O7S2/c1-9-14-13(10(2)24)17(25)23(14)15(18(26)27)16(9)31-12-6-11(20-7-12)8-21-4-5-22(19(21)28)32(3,29)30/h9-14,20,24H,4-8H2,1-3H3,(H,26,27). The molecule has 13 heteroatoms. The van der Waals surface area contributed by atoms with Gasteiger partial charge in [0.1, 0.15) is 5.70 Å². The molecule has 0 radical (unpaired) electrons. The highest BCUT2D eigenvalue weighted by Crippen LogP contribution is 2.51. The Labute approximate surface area is 190 Å². The number of sulfonamides is 1. The van der Waals surface area contributed by atoms with E-state index in [0.29, 0.717) is 31.0 Å². The molecular weight excluding hydrogens is 460 g/mol. The van der Waals surface area contributed by atoms with Crippen LogP contribution in [0.5, 0.6) is 0 Å². The van der Waals surface area contributed by atoms with Crippen LogP contribution in [0.1, 0.15) is 20.3 Å². The second-order valence-electron chi connectivity index (χ2n) is 8.92. The van der Waals surface area contributed by atoms with E-state index in [1.54, 1.807) is 6.92 Å². The van der Waals surface area contributed by atoms with Crippen molar-refractivity contribution in [2.75, 3.05) is 32.4 Å². The summed E-state index contributed by atoms with van der Waals surface area (Å²) < 4.78 is 24.3. The zero-order chi connectivity index (χ0) is 23.5. The number of aliphatic hydroxyl groups excluding tert-OH is 1. The predicted octanol–water partition coefficient (Wildman–Crippen LogP) is -0.699. The number of amides is 3. The van der Waals surface area contributed by atoms with Gasteiger partial charge in [-0.25, -0.2) is 22.3 Å². The summed E-state index contributed by atoms with van der Waals surface area (Å²) in [6, 6.07) is -0.895. The molecule has 4 aliphatic heterocycles. The van der Waals surface area contributed by atoms with Crippen molar-refractivity contribution in [2.24, 2.45) is 11.8 Å². The number of carboxylic acid groups (broad SMARTS) is 1. The third kappa shape index (κ3) is 3.78. The Bertz CT molecular complexity index is 982. The zero-order valence-corrected chi connectivity index (χ0v) is 19.7. The number of urea groups is 1. The number of aliphatic hydroxyl groups is 1. The lowest BCUT2D eigenvalue weighted by molar-refractivity contribution is -0.163. The molecule has 4 heterocycles. The summed E-state index contributed by atoms with van der Waals surface area (Å²) in [7, 11) is -3.58. The summed E-state index contributed by atoms with van der Waals surface area (Å²) in [5.41, 5.74) is 0.0105. The molecule has 178 valence electrons. The van der Waals surface area contributed by atoms with Crippen molar-refractivity contribution in [1.29, 1.82) is 0 Å². The van der Waals surface area contributed by atoms with Crippen molar-refractivity contribution in [1.82, 2.24) is 19.4 Å². The molecule has 3 amide bonds. The number of carbonyl (C=O) groups excluding carboxylic acids is 2. The van der Waals surface area contributed by atoms with Gasteiger partial charge < -0.3 is 25.3 Å². The molecule has 32 heavy (non-hydrogen) atoms. The van der Waals surface area contributed by atoms with E-state index in [9.17, 15) is 33.0 Å². The monoisotopic (exact) mass is 488 g/mol. The average Bonchev–Trinajstić information content (AvgIpc) is 3.33. The fourth-order valence-electron chi connectivity index (χ4n) is 5.17. The van der Waals surface area contributed by atoms with E-state index in [0.717, 1.165) is 10.6 Å². The molecule has 3 N–H and O–H groups in total. The van der Waals surface area contributed by atoms with Crippen LogP contribution in [0.2, 0.25) is 0 Å². The molecular formula is C19H28N4O7S2. The number of hydrogen-bond donors (Lipinski definition) is 3. The fourth-order valence-corrected chi connectivity index (χ4v) is 7.50. The molecule has 0 bridgehead atoms. The van der Waals surface area contributed by atoms with Gasteiger partial charge in [-0.2, -0.15) is 0 Å². The van der Waals surface area contributed by atoms with Gasteiger partial charge in [0.25, 0.3) is 0 Å². The van der Waals surface area contributed by atoms with Crippen molar-refractivity contribution < 1.29 is 33.0 Å². The molecule has 11 nitrogen and oxygen atoms in total. The van der Waals surface area contributed by atoms with Crippen molar-refractivity contribution in [3.8, 4) is 0 Å². The molecule has 0 aromatic heterocycles. The number of aliphatic carboxylic acids is 1. The van der Waals surface area contributed by atoms with Crippen molar-refractivity contribution in [3.05, 3.63) is 10.6 Å². The van der Waals surface area contributed by atoms with Gasteiger partial charge >= 0.3 is 12.0 Å². The second-order valence-corrected chi connectivity index (χ2v) is 12.2. The van der Waals surface area contributed by atoms with E-state index in [2.05, 4.69) is 5.32 Å². The summed E-state index contributed by atoms with van der Waals surface area (Å²) in [6.07, 6.45) is 0.851. The van der Waals surface area contributed by atoms with Gasteiger partial charge in [-0.05, 0) is 13.3 Å². The maximum absolute atomic E-state index is 12.5. The number of carboxylic acids is 1. The molecule has 3 saturated heterocycles. The Kier molecular flexibility index (Phi) is 5.97. The summed E-state index contributed by atoms with van der Waals surface area (Å²) in [5.74, 6) is -2.28. The number of thioether (sulfide) groups is 1. The maximum Gasteiger partial charge on any atom is 0.353 e. The summed E-state index contributed by atoms with van der Waals surface area (Å²) in [5, 5.41) is 23.1. The smallest absolute Gasteiger partial charge is 0.353 e. The van der Waals surface area contributed by atoms with Crippen molar-refractivity contribution in [3.63, 3.8) is 0 Å². The number of hydrogen-bond acceptors (Lipinski definition) is 8. The molecule has 0 aliphatic carbocycles. The van der Waals surface area contributed by atoms with E-state index >= 15 is 0 Å². The van der Waals surface area contributed by atoms with Gasteiger partial charge in [0.2, 0.25) is 15.9 Å². The highest BCUT2D eigenvalue weighted by Gasteiger charge is 2.60. The second kappa shape index (κ2) is 8.19. The zero-order valence-electron chi connectivity index (χ0n) is 18.1. The van der Waals surface area contributed by atoms with Gasteiger partial charge in [-0.3, -0.25) is 4.79 Å². The molecule has 3 fully saturated rings. The SMILES string of the molecule is CC(O)C1C(=O)N2C(C(=O)O)=C(SC3CNC(CN4CCN(S(C)(=O)=O)C4=O)C3)C(C)C12. The largest absolute Gasteiger partial charge is 0.477 e. The fraction of sp³-hybridized carbons (Fsp3) is 0.737. The molecule has 0 aromatic carbocycles. The summed E-state index contributed by atoms with van der Waals surface area (Å²) in [4.78, 5) is 40.3. The van der Waals surface area contributed by atoms with Crippen LogP contribution >= 0.6 is 11.8 Å². The van der Waals surface area contributed by atoms with E-state index in [1.807, 2.05) is 6.92 Å². The lowest BCUT2D eigenvalue weighted by Crippen LogP contribution is -2.63. The molecule has 4 rings (SSSR count). The number of nitrogens with one attached hydrogen (secondary N) is 1. The third-order valence-electron chi connectivity index (χ3n) is 6.68. The molecule has 0 spiro atoms. The summed E-state index contributed by atoms with van der Waals surface area (Å²) in [6.45, 7) is 4.90. The molecule has 6 unspecified atom stereocenters. The predicted molar refractivity (Wildman–Crippen MR) is 116 cm³/mol. The number of fused-ring (bicyclic) bond motifs is 1. The third-order valence-corrected chi connectivity index (χ3v) is 9.34. The Morgan fingerprint density at radius 1 is 1.31 bits per heavy atom. The van der Waals surface area contributed by atoms with Crippen molar-refractivity contribution >= 4 is 39.7 Å². The molecule has 6 atom stereocenters. The summed E-state index contributed by atoms with van der Waals surface area (Å²) >= 11 is 1.44. The first-order valence-corrected chi connectivity index (χ1v) is 13.3.